The third-order valence-corrected chi connectivity index (χ3v) is 4.13. The summed E-state index contributed by atoms with van der Waals surface area (Å²) in [7, 11) is 0. The Kier molecular flexibility index (Phi) is 3.96. The summed E-state index contributed by atoms with van der Waals surface area (Å²) < 4.78 is 5.45. The molecule has 1 amide bonds. The maximum absolute atomic E-state index is 12.2. The molecule has 0 saturated carbocycles. The van der Waals surface area contributed by atoms with Crippen LogP contribution in [0.25, 0.3) is 6.08 Å². The van der Waals surface area contributed by atoms with E-state index in [1.807, 2.05) is 42.5 Å². The molecule has 0 N–H and O–H groups in total. The minimum absolute atomic E-state index is 0.304. The fourth-order valence-electron chi connectivity index (χ4n) is 2.56. The molecule has 0 bridgehead atoms. The number of hydrogen-bond acceptors (Lipinski definition) is 2. The van der Waals surface area contributed by atoms with Gasteiger partial charge < -0.3 is 4.74 Å². The molecule has 0 spiro atoms. The summed E-state index contributed by atoms with van der Waals surface area (Å²) in [5.41, 5.74) is 5.72. The van der Waals surface area contributed by atoms with E-state index in [0.29, 0.717) is 13.2 Å². The summed E-state index contributed by atoms with van der Waals surface area (Å²) in [5, 5.41) is 0. The molecule has 112 valence electrons. The van der Waals surface area contributed by atoms with Gasteiger partial charge in [0.15, 0.2) is 0 Å². The fraction of sp³-hybridized carbons (Fsp3) is 0.211. The number of ether oxygens (including phenoxy) is 1. The van der Waals surface area contributed by atoms with E-state index in [1.165, 1.54) is 11.1 Å². The lowest BCUT2D eigenvalue weighted by Crippen LogP contribution is -2.28. The number of carbonyl (C=O) groups excluding carboxylic acids is 1. The lowest BCUT2D eigenvalue weighted by Gasteiger charge is -2.23. The molecule has 0 fully saturated rings. The summed E-state index contributed by atoms with van der Waals surface area (Å²) in [6, 6.07) is 14.1. The number of nitrogens with zero attached hydrogens (tertiary/aromatic N) is 1. The Labute approximate surface area is 130 Å². The highest BCUT2D eigenvalue weighted by Gasteiger charge is 2.17. The van der Waals surface area contributed by atoms with Gasteiger partial charge in [0.1, 0.15) is 6.61 Å². The van der Waals surface area contributed by atoms with Crippen molar-refractivity contribution in [2.45, 2.75) is 27.0 Å². The molecule has 0 saturated heterocycles. The van der Waals surface area contributed by atoms with E-state index in [1.54, 1.807) is 11.1 Å². The number of aryl methyl sites for hydroxylation is 1. The van der Waals surface area contributed by atoms with Gasteiger partial charge in [-0.3, -0.25) is 4.90 Å². The van der Waals surface area contributed by atoms with E-state index in [9.17, 15) is 4.79 Å². The van der Waals surface area contributed by atoms with Crippen LogP contribution in [-0.2, 0) is 17.9 Å². The van der Waals surface area contributed by atoms with Gasteiger partial charge in [0, 0.05) is 6.20 Å². The first-order valence-electron chi connectivity index (χ1n) is 7.40. The zero-order chi connectivity index (χ0) is 15.5. The highest BCUT2D eigenvalue weighted by atomic mass is 16.6. The molecule has 1 aliphatic rings. The predicted molar refractivity (Wildman–Crippen MR) is 87.1 cm³/mol. The Balaban J connectivity index is 1.65. The average Bonchev–Trinajstić information content (AvgIpc) is 2.55. The third kappa shape index (κ3) is 2.89. The number of hydrogen-bond donors (Lipinski definition) is 0. The molecule has 3 heteroatoms. The van der Waals surface area contributed by atoms with Crippen molar-refractivity contribution >= 4 is 12.2 Å². The highest BCUT2D eigenvalue weighted by molar-refractivity contribution is 5.72. The van der Waals surface area contributed by atoms with Gasteiger partial charge >= 0.3 is 6.09 Å². The van der Waals surface area contributed by atoms with Gasteiger partial charge in [-0.25, -0.2) is 4.79 Å². The van der Waals surface area contributed by atoms with Gasteiger partial charge in [0.25, 0.3) is 0 Å². The Morgan fingerprint density at radius 3 is 2.82 bits per heavy atom. The average molecular weight is 293 g/mol. The van der Waals surface area contributed by atoms with E-state index in [4.69, 9.17) is 4.74 Å². The molecule has 2 aromatic carbocycles. The minimum atomic E-state index is -0.313. The summed E-state index contributed by atoms with van der Waals surface area (Å²) in [6.45, 7) is 4.97. The SMILES string of the molecule is Cc1cccc(COC(=O)N2C=Cc3ccccc3C2)c1C. The van der Waals surface area contributed by atoms with Crippen LogP contribution in [0.4, 0.5) is 4.79 Å². The summed E-state index contributed by atoms with van der Waals surface area (Å²) >= 11 is 0. The van der Waals surface area contributed by atoms with E-state index in [0.717, 1.165) is 16.7 Å². The highest BCUT2D eigenvalue weighted by Crippen LogP contribution is 2.20. The van der Waals surface area contributed by atoms with Gasteiger partial charge in [0.2, 0.25) is 0 Å². The summed E-state index contributed by atoms with van der Waals surface area (Å²) in [4.78, 5) is 13.8. The zero-order valence-corrected chi connectivity index (χ0v) is 12.9. The minimum Gasteiger partial charge on any atom is -0.444 e. The van der Waals surface area contributed by atoms with E-state index < -0.39 is 0 Å². The zero-order valence-electron chi connectivity index (χ0n) is 12.9. The van der Waals surface area contributed by atoms with Crippen molar-refractivity contribution in [3.8, 4) is 0 Å². The maximum Gasteiger partial charge on any atom is 0.414 e. The molecule has 0 aromatic heterocycles. The van der Waals surface area contributed by atoms with Crippen molar-refractivity contribution in [3.63, 3.8) is 0 Å². The van der Waals surface area contributed by atoms with Crippen molar-refractivity contribution in [1.82, 2.24) is 4.90 Å². The predicted octanol–water partition coefficient (Wildman–Crippen LogP) is 4.43. The van der Waals surface area contributed by atoms with Crippen LogP contribution in [0.15, 0.2) is 48.7 Å². The Hall–Kier alpha value is -2.55. The second kappa shape index (κ2) is 6.06. The first kappa shape index (κ1) is 14.4. The third-order valence-electron chi connectivity index (χ3n) is 4.13. The molecule has 0 atom stereocenters. The molecule has 3 rings (SSSR count). The quantitative estimate of drug-likeness (QED) is 0.820. The number of amides is 1. The van der Waals surface area contributed by atoms with Crippen molar-refractivity contribution in [2.24, 2.45) is 0 Å². The van der Waals surface area contributed by atoms with E-state index >= 15 is 0 Å². The Bertz CT molecular complexity index is 734. The van der Waals surface area contributed by atoms with Gasteiger partial charge in [-0.2, -0.15) is 0 Å². The first-order valence-corrected chi connectivity index (χ1v) is 7.40. The molecule has 0 aliphatic carbocycles. The van der Waals surface area contributed by atoms with Crippen molar-refractivity contribution in [2.75, 3.05) is 0 Å². The molecular weight excluding hydrogens is 274 g/mol. The Morgan fingerprint density at radius 1 is 1.14 bits per heavy atom. The smallest absolute Gasteiger partial charge is 0.414 e. The Morgan fingerprint density at radius 2 is 1.95 bits per heavy atom. The van der Waals surface area contributed by atoms with Crippen LogP contribution in [0.5, 0.6) is 0 Å². The van der Waals surface area contributed by atoms with Gasteiger partial charge in [-0.05, 0) is 47.7 Å². The lowest BCUT2D eigenvalue weighted by atomic mass is 10.0. The van der Waals surface area contributed by atoms with Crippen molar-refractivity contribution < 1.29 is 9.53 Å². The topological polar surface area (TPSA) is 29.5 Å². The van der Waals surface area contributed by atoms with Crippen LogP contribution in [0.3, 0.4) is 0 Å². The van der Waals surface area contributed by atoms with Gasteiger partial charge in [-0.15, -0.1) is 0 Å². The molecule has 1 heterocycles. The molecule has 1 aliphatic heterocycles. The maximum atomic E-state index is 12.2. The second-order valence-corrected chi connectivity index (χ2v) is 5.56. The van der Waals surface area contributed by atoms with Crippen molar-refractivity contribution in [3.05, 3.63) is 76.5 Å². The van der Waals surface area contributed by atoms with Crippen LogP contribution >= 0.6 is 0 Å². The molecular formula is C19H19NO2. The summed E-state index contributed by atoms with van der Waals surface area (Å²) in [5.74, 6) is 0. The van der Waals surface area contributed by atoms with E-state index in [2.05, 4.69) is 19.9 Å². The molecule has 3 nitrogen and oxygen atoms in total. The summed E-state index contributed by atoms with van der Waals surface area (Å²) in [6.07, 6.45) is 3.41. The standard InChI is InChI=1S/C19H19NO2/c1-14-6-5-9-18(15(14)2)13-22-19(21)20-11-10-16-7-3-4-8-17(16)12-20/h3-11H,12-13H2,1-2H3. The fourth-order valence-corrected chi connectivity index (χ4v) is 2.56. The number of benzene rings is 2. The molecule has 22 heavy (non-hydrogen) atoms. The normalized spacial score (nSPS) is 12.9. The number of carbonyl (C=O) groups is 1. The van der Waals surface area contributed by atoms with Crippen LogP contribution in [0, 0.1) is 13.8 Å². The van der Waals surface area contributed by atoms with E-state index in [-0.39, 0.29) is 6.09 Å². The first-order chi connectivity index (χ1) is 10.6. The number of rotatable bonds is 2. The van der Waals surface area contributed by atoms with Crippen LogP contribution in [0.2, 0.25) is 0 Å². The monoisotopic (exact) mass is 293 g/mol. The van der Waals surface area contributed by atoms with Crippen LogP contribution in [-0.4, -0.2) is 11.0 Å². The lowest BCUT2D eigenvalue weighted by molar-refractivity contribution is 0.108. The van der Waals surface area contributed by atoms with Crippen LogP contribution in [0.1, 0.15) is 27.8 Å². The molecule has 0 radical (unpaired) electrons. The van der Waals surface area contributed by atoms with Crippen LogP contribution < -0.4 is 0 Å². The molecule has 2 aromatic rings. The second-order valence-electron chi connectivity index (χ2n) is 5.56. The van der Waals surface area contributed by atoms with Gasteiger partial charge in [-0.1, -0.05) is 42.5 Å². The molecule has 0 unspecified atom stereocenters. The van der Waals surface area contributed by atoms with Crippen molar-refractivity contribution in [1.29, 1.82) is 0 Å². The van der Waals surface area contributed by atoms with Gasteiger partial charge in [0.05, 0.1) is 6.54 Å². The number of fused-ring (bicyclic) bond motifs is 1. The largest absolute Gasteiger partial charge is 0.444 e.